The Morgan fingerprint density at radius 2 is 2.00 bits per heavy atom. The van der Waals surface area contributed by atoms with Crippen LogP contribution in [0.3, 0.4) is 0 Å². The maximum atomic E-state index is 13.6. The summed E-state index contributed by atoms with van der Waals surface area (Å²) in [6, 6.07) is 9.08. The molecule has 3 rings (SSSR count). The summed E-state index contributed by atoms with van der Waals surface area (Å²) in [5, 5.41) is 2.68. The Hall–Kier alpha value is -2.76. The van der Waals surface area contributed by atoms with Gasteiger partial charge in [-0.1, -0.05) is 6.07 Å². The first kappa shape index (κ1) is 16.1. The fourth-order valence-corrected chi connectivity index (χ4v) is 2.40. The average molecular weight is 331 g/mol. The number of anilines is 1. The number of halogens is 1. The molecule has 126 valence electrons. The van der Waals surface area contributed by atoms with Crippen LogP contribution in [0.25, 0.3) is 0 Å². The fraction of sp³-hybridized carbons (Fsp3) is 0.278. The Morgan fingerprint density at radius 3 is 2.79 bits per heavy atom. The number of ether oxygens (including phenoxy) is 3. The molecule has 1 aliphatic heterocycles. The highest BCUT2D eigenvalue weighted by Crippen LogP contribution is 2.35. The van der Waals surface area contributed by atoms with Crippen LogP contribution in [0, 0.1) is 5.82 Å². The Bertz CT molecular complexity index is 761. The van der Waals surface area contributed by atoms with E-state index in [4.69, 9.17) is 14.2 Å². The highest BCUT2D eigenvalue weighted by atomic mass is 19.1. The molecule has 0 saturated carbocycles. The van der Waals surface area contributed by atoms with Crippen molar-refractivity contribution in [3.63, 3.8) is 0 Å². The zero-order chi connectivity index (χ0) is 17.1. The first-order chi connectivity index (χ1) is 11.5. The standard InChI is InChI=1S/C18H18FNO4/c1-11(2)24-15-7-6-12(19)10-14(15)20-18(21)13-4-3-5-16-17(13)23-9-8-22-16/h3-7,10-11H,8-9H2,1-2H3,(H,20,21). The Balaban J connectivity index is 1.89. The monoisotopic (exact) mass is 331 g/mol. The molecule has 0 atom stereocenters. The molecule has 0 aromatic heterocycles. The molecular weight excluding hydrogens is 313 g/mol. The van der Waals surface area contributed by atoms with Gasteiger partial charge in [-0.15, -0.1) is 0 Å². The van der Waals surface area contributed by atoms with Crippen LogP contribution in [0.15, 0.2) is 36.4 Å². The lowest BCUT2D eigenvalue weighted by atomic mass is 10.1. The first-order valence-corrected chi connectivity index (χ1v) is 7.71. The maximum Gasteiger partial charge on any atom is 0.259 e. The van der Waals surface area contributed by atoms with E-state index in [0.717, 1.165) is 0 Å². The van der Waals surface area contributed by atoms with Crippen molar-refractivity contribution in [2.45, 2.75) is 20.0 Å². The number of hydrogen-bond donors (Lipinski definition) is 1. The SMILES string of the molecule is CC(C)Oc1ccc(F)cc1NC(=O)c1cccc2c1OCCO2. The van der Waals surface area contributed by atoms with E-state index >= 15 is 0 Å². The van der Waals surface area contributed by atoms with Gasteiger partial charge in [-0.05, 0) is 38.1 Å². The number of benzene rings is 2. The number of fused-ring (bicyclic) bond motifs is 1. The van der Waals surface area contributed by atoms with E-state index in [1.165, 1.54) is 18.2 Å². The molecule has 0 radical (unpaired) electrons. The normalized spacial score (nSPS) is 12.8. The number of amides is 1. The highest BCUT2D eigenvalue weighted by Gasteiger charge is 2.21. The number of rotatable bonds is 4. The number of para-hydroxylation sites is 1. The molecule has 1 heterocycles. The number of nitrogens with one attached hydrogen (secondary N) is 1. The molecule has 0 unspecified atom stereocenters. The van der Waals surface area contributed by atoms with Gasteiger partial charge in [0.05, 0.1) is 17.4 Å². The zero-order valence-corrected chi connectivity index (χ0v) is 13.5. The van der Waals surface area contributed by atoms with Crippen molar-refractivity contribution in [1.82, 2.24) is 0 Å². The summed E-state index contributed by atoms with van der Waals surface area (Å²) in [5.74, 6) is 0.435. The van der Waals surface area contributed by atoms with Gasteiger partial charge in [-0.2, -0.15) is 0 Å². The molecule has 1 amide bonds. The van der Waals surface area contributed by atoms with Crippen molar-refractivity contribution in [3.05, 3.63) is 47.8 Å². The molecule has 0 saturated heterocycles. The second-order valence-corrected chi connectivity index (χ2v) is 5.59. The van der Waals surface area contributed by atoms with Crippen molar-refractivity contribution in [3.8, 4) is 17.2 Å². The largest absolute Gasteiger partial charge is 0.489 e. The second kappa shape index (κ2) is 6.78. The lowest BCUT2D eigenvalue weighted by Gasteiger charge is -2.21. The summed E-state index contributed by atoms with van der Waals surface area (Å²) in [6.07, 6.45) is -0.104. The van der Waals surface area contributed by atoms with E-state index in [1.54, 1.807) is 18.2 Å². The molecule has 2 aromatic rings. The third kappa shape index (κ3) is 3.42. The van der Waals surface area contributed by atoms with Crippen LogP contribution in [0.4, 0.5) is 10.1 Å². The van der Waals surface area contributed by atoms with Crippen molar-refractivity contribution >= 4 is 11.6 Å². The lowest BCUT2D eigenvalue weighted by molar-refractivity contribution is 0.101. The van der Waals surface area contributed by atoms with E-state index in [1.807, 2.05) is 13.8 Å². The van der Waals surface area contributed by atoms with Crippen LogP contribution in [0.1, 0.15) is 24.2 Å². The van der Waals surface area contributed by atoms with E-state index < -0.39 is 11.7 Å². The van der Waals surface area contributed by atoms with Gasteiger partial charge in [0, 0.05) is 6.07 Å². The number of carbonyl (C=O) groups is 1. The molecule has 6 heteroatoms. The van der Waals surface area contributed by atoms with Crippen LogP contribution >= 0.6 is 0 Å². The summed E-state index contributed by atoms with van der Waals surface area (Å²) in [5.41, 5.74) is 0.593. The van der Waals surface area contributed by atoms with Crippen LogP contribution in [0.2, 0.25) is 0 Å². The molecule has 0 bridgehead atoms. The predicted octanol–water partition coefficient (Wildman–Crippen LogP) is 3.64. The van der Waals surface area contributed by atoms with Crippen molar-refractivity contribution < 1.29 is 23.4 Å². The molecular formula is C18H18FNO4. The average Bonchev–Trinajstić information content (AvgIpc) is 2.56. The van der Waals surface area contributed by atoms with Gasteiger partial charge >= 0.3 is 0 Å². The second-order valence-electron chi connectivity index (χ2n) is 5.59. The summed E-state index contributed by atoms with van der Waals surface area (Å²) < 4.78 is 30.2. The topological polar surface area (TPSA) is 56.8 Å². The van der Waals surface area contributed by atoms with Gasteiger partial charge < -0.3 is 19.5 Å². The number of carbonyl (C=O) groups excluding carboxylic acids is 1. The van der Waals surface area contributed by atoms with E-state index in [0.29, 0.717) is 36.0 Å². The first-order valence-electron chi connectivity index (χ1n) is 7.71. The highest BCUT2D eigenvalue weighted by molar-refractivity contribution is 6.07. The fourth-order valence-electron chi connectivity index (χ4n) is 2.40. The molecule has 0 aliphatic carbocycles. The van der Waals surface area contributed by atoms with Gasteiger partial charge in [0.1, 0.15) is 24.8 Å². The van der Waals surface area contributed by atoms with E-state index in [-0.39, 0.29) is 11.8 Å². The zero-order valence-electron chi connectivity index (χ0n) is 13.5. The minimum atomic E-state index is -0.462. The molecule has 0 fully saturated rings. The van der Waals surface area contributed by atoms with Crippen molar-refractivity contribution in [2.24, 2.45) is 0 Å². The molecule has 24 heavy (non-hydrogen) atoms. The predicted molar refractivity (Wildman–Crippen MR) is 87.5 cm³/mol. The van der Waals surface area contributed by atoms with Gasteiger partial charge in [0.2, 0.25) is 0 Å². The quantitative estimate of drug-likeness (QED) is 0.929. The Morgan fingerprint density at radius 1 is 1.21 bits per heavy atom. The summed E-state index contributed by atoms with van der Waals surface area (Å²) >= 11 is 0. The van der Waals surface area contributed by atoms with Crippen molar-refractivity contribution in [2.75, 3.05) is 18.5 Å². The van der Waals surface area contributed by atoms with Crippen molar-refractivity contribution in [1.29, 1.82) is 0 Å². The molecule has 2 aromatic carbocycles. The third-order valence-corrected chi connectivity index (χ3v) is 3.36. The lowest BCUT2D eigenvalue weighted by Crippen LogP contribution is -2.20. The minimum Gasteiger partial charge on any atom is -0.489 e. The molecule has 5 nitrogen and oxygen atoms in total. The summed E-state index contributed by atoms with van der Waals surface area (Å²) in [4.78, 5) is 12.6. The molecule has 1 aliphatic rings. The Labute approximate surface area is 139 Å². The summed E-state index contributed by atoms with van der Waals surface area (Å²) in [7, 11) is 0. The molecule has 1 N–H and O–H groups in total. The summed E-state index contributed by atoms with van der Waals surface area (Å²) in [6.45, 7) is 4.52. The van der Waals surface area contributed by atoms with Crippen LogP contribution in [-0.4, -0.2) is 25.2 Å². The van der Waals surface area contributed by atoms with E-state index in [9.17, 15) is 9.18 Å². The third-order valence-electron chi connectivity index (χ3n) is 3.36. The van der Waals surface area contributed by atoms with Gasteiger partial charge in [-0.3, -0.25) is 4.79 Å². The van der Waals surface area contributed by atoms with Crippen LogP contribution in [0.5, 0.6) is 17.2 Å². The smallest absolute Gasteiger partial charge is 0.259 e. The number of hydrogen-bond acceptors (Lipinski definition) is 4. The van der Waals surface area contributed by atoms with Gasteiger partial charge in [-0.25, -0.2) is 4.39 Å². The van der Waals surface area contributed by atoms with Gasteiger partial charge in [0.15, 0.2) is 11.5 Å². The van der Waals surface area contributed by atoms with Crippen LogP contribution < -0.4 is 19.5 Å². The molecule has 0 spiro atoms. The van der Waals surface area contributed by atoms with Crippen LogP contribution in [-0.2, 0) is 0 Å². The Kier molecular flexibility index (Phi) is 4.55. The van der Waals surface area contributed by atoms with E-state index in [2.05, 4.69) is 5.32 Å². The van der Waals surface area contributed by atoms with Gasteiger partial charge in [0.25, 0.3) is 5.91 Å². The minimum absolute atomic E-state index is 0.104. The maximum absolute atomic E-state index is 13.6.